The van der Waals surface area contributed by atoms with E-state index < -0.39 is 45.6 Å². The third-order valence-electron chi connectivity index (χ3n) is 4.55. The zero-order valence-electron chi connectivity index (χ0n) is 16.4. The van der Waals surface area contributed by atoms with Gasteiger partial charge in [-0.25, -0.2) is 13.4 Å². The molecule has 2 heterocycles. The summed E-state index contributed by atoms with van der Waals surface area (Å²) in [5.41, 5.74) is 0. The molecular weight excluding hydrogens is 412 g/mol. The Balaban J connectivity index is 1.80. The molecule has 11 heteroatoms. The first-order chi connectivity index (χ1) is 14.2. The van der Waals surface area contributed by atoms with Gasteiger partial charge in [0.15, 0.2) is 0 Å². The number of benzene rings is 1. The Morgan fingerprint density at radius 2 is 1.93 bits per heavy atom. The normalized spacial score (nSPS) is 18.2. The van der Waals surface area contributed by atoms with E-state index in [4.69, 9.17) is 4.42 Å². The Kier molecular flexibility index (Phi) is 6.32. The van der Waals surface area contributed by atoms with E-state index in [2.05, 4.69) is 20.3 Å². The average molecular weight is 434 g/mol. The molecule has 0 fully saturated rings. The summed E-state index contributed by atoms with van der Waals surface area (Å²) < 4.78 is 33.1. The number of carbonyl (C=O) groups excluding carboxylic acids is 3. The largest absolute Gasteiger partial charge is 0.444 e. The Bertz CT molecular complexity index is 1050. The van der Waals surface area contributed by atoms with Gasteiger partial charge in [-0.2, -0.15) is 4.72 Å². The smallest absolute Gasteiger partial charge is 0.290 e. The molecular formula is C19H22N4O6S. The standard InChI is InChI=1S/C19H22N4O6S/c1-11(2)16(23-30(27,28)13-6-4-3-5-7-13)18(25)22-14-8-12-9-20-15(29-12)10-21-19(26)17(14)24/h3-7,9,11,14,16,23H,8,10H2,1-2H3,(H,21,26)(H,22,25). The van der Waals surface area contributed by atoms with Crippen LogP contribution in [0.5, 0.6) is 0 Å². The van der Waals surface area contributed by atoms with Gasteiger partial charge in [0.05, 0.1) is 17.6 Å². The molecule has 30 heavy (non-hydrogen) atoms. The zero-order valence-corrected chi connectivity index (χ0v) is 17.2. The summed E-state index contributed by atoms with van der Waals surface area (Å²) >= 11 is 0. The number of sulfonamides is 1. The van der Waals surface area contributed by atoms with Gasteiger partial charge in [-0.3, -0.25) is 14.4 Å². The molecule has 0 saturated heterocycles. The van der Waals surface area contributed by atoms with Crippen molar-refractivity contribution in [2.24, 2.45) is 5.92 Å². The minimum Gasteiger partial charge on any atom is -0.444 e. The van der Waals surface area contributed by atoms with E-state index in [0.717, 1.165) is 0 Å². The molecule has 160 valence electrons. The Labute approximate surface area is 173 Å². The van der Waals surface area contributed by atoms with Crippen LogP contribution < -0.4 is 15.4 Å². The number of amides is 2. The van der Waals surface area contributed by atoms with Crippen molar-refractivity contribution in [1.82, 2.24) is 20.3 Å². The number of aromatic nitrogens is 1. The first-order valence-electron chi connectivity index (χ1n) is 9.31. The van der Waals surface area contributed by atoms with Crippen molar-refractivity contribution in [3.8, 4) is 0 Å². The molecule has 2 amide bonds. The highest BCUT2D eigenvalue weighted by Crippen LogP contribution is 2.14. The lowest BCUT2D eigenvalue weighted by Gasteiger charge is -2.24. The lowest BCUT2D eigenvalue weighted by Crippen LogP contribution is -2.55. The fourth-order valence-corrected chi connectivity index (χ4v) is 4.29. The molecule has 2 atom stereocenters. The highest BCUT2D eigenvalue weighted by Gasteiger charge is 2.34. The molecule has 2 aromatic rings. The summed E-state index contributed by atoms with van der Waals surface area (Å²) in [6.07, 6.45) is 1.33. The molecule has 0 spiro atoms. The molecule has 1 aliphatic rings. The Morgan fingerprint density at radius 1 is 1.23 bits per heavy atom. The van der Waals surface area contributed by atoms with Crippen LogP contribution in [-0.4, -0.2) is 43.1 Å². The van der Waals surface area contributed by atoms with E-state index >= 15 is 0 Å². The van der Waals surface area contributed by atoms with Gasteiger partial charge in [0.2, 0.25) is 27.6 Å². The predicted octanol–water partition coefficient (Wildman–Crippen LogP) is -0.0961. The van der Waals surface area contributed by atoms with Gasteiger partial charge in [0, 0.05) is 6.42 Å². The minimum absolute atomic E-state index is 0.00975. The van der Waals surface area contributed by atoms with Crippen molar-refractivity contribution in [3.05, 3.63) is 48.2 Å². The number of nitrogens with zero attached hydrogens (tertiary/aromatic N) is 1. The van der Waals surface area contributed by atoms with E-state index in [0.29, 0.717) is 5.76 Å². The highest BCUT2D eigenvalue weighted by molar-refractivity contribution is 7.89. The molecule has 0 aliphatic carbocycles. The molecule has 3 N–H and O–H groups in total. The van der Waals surface area contributed by atoms with Crippen molar-refractivity contribution in [2.75, 3.05) is 0 Å². The monoisotopic (exact) mass is 434 g/mol. The van der Waals surface area contributed by atoms with Crippen molar-refractivity contribution >= 4 is 27.6 Å². The number of fused-ring (bicyclic) bond motifs is 2. The van der Waals surface area contributed by atoms with Gasteiger partial charge in [-0.1, -0.05) is 32.0 Å². The first-order valence-corrected chi connectivity index (χ1v) is 10.8. The third-order valence-corrected chi connectivity index (χ3v) is 6.01. The summed E-state index contributed by atoms with van der Waals surface area (Å²) in [4.78, 5) is 41.4. The molecule has 1 aromatic heterocycles. The van der Waals surface area contributed by atoms with Crippen LogP contribution in [0.2, 0.25) is 0 Å². The number of ketones is 1. The van der Waals surface area contributed by atoms with Crippen molar-refractivity contribution in [2.45, 2.75) is 43.8 Å². The first kappa shape index (κ1) is 21.7. The number of hydrogen-bond donors (Lipinski definition) is 3. The molecule has 2 unspecified atom stereocenters. The molecule has 2 bridgehead atoms. The van der Waals surface area contributed by atoms with Gasteiger partial charge in [0.1, 0.15) is 17.8 Å². The van der Waals surface area contributed by atoms with E-state index in [1.54, 1.807) is 32.0 Å². The maximum absolute atomic E-state index is 12.9. The summed E-state index contributed by atoms with van der Waals surface area (Å²) in [6, 6.07) is 5.24. The molecule has 0 radical (unpaired) electrons. The van der Waals surface area contributed by atoms with Gasteiger partial charge in [-0.15, -0.1) is 0 Å². The van der Waals surface area contributed by atoms with Crippen LogP contribution >= 0.6 is 0 Å². The lowest BCUT2D eigenvalue weighted by atomic mass is 10.0. The van der Waals surface area contributed by atoms with Crippen LogP contribution in [0.3, 0.4) is 0 Å². The quantitative estimate of drug-likeness (QED) is 0.538. The van der Waals surface area contributed by atoms with Crippen LogP contribution in [0.15, 0.2) is 45.8 Å². The van der Waals surface area contributed by atoms with Crippen LogP contribution in [0.4, 0.5) is 0 Å². The molecule has 1 aromatic carbocycles. The van der Waals surface area contributed by atoms with Crippen LogP contribution in [-0.2, 0) is 37.4 Å². The van der Waals surface area contributed by atoms with E-state index in [9.17, 15) is 22.8 Å². The number of rotatable bonds is 6. The van der Waals surface area contributed by atoms with Crippen molar-refractivity contribution in [3.63, 3.8) is 0 Å². The molecule has 3 rings (SSSR count). The summed E-state index contributed by atoms with van der Waals surface area (Å²) in [5.74, 6) is -2.32. The third kappa shape index (κ3) is 4.92. The van der Waals surface area contributed by atoms with Gasteiger partial charge < -0.3 is 15.1 Å². The summed E-state index contributed by atoms with van der Waals surface area (Å²) in [5, 5.41) is 4.86. The lowest BCUT2D eigenvalue weighted by molar-refractivity contribution is -0.140. The Hall–Kier alpha value is -3.05. The predicted molar refractivity (Wildman–Crippen MR) is 104 cm³/mol. The van der Waals surface area contributed by atoms with E-state index in [1.807, 2.05) is 0 Å². The molecule has 0 saturated carbocycles. The second kappa shape index (κ2) is 8.76. The maximum Gasteiger partial charge on any atom is 0.290 e. The number of oxazole rings is 1. The second-order valence-corrected chi connectivity index (χ2v) is 8.90. The molecule has 10 nitrogen and oxygen atoms in total. The van der Waals surface area contributed by atoms with Crippen LogP contribution in [0, 0.1) is 5.92 Å². The summed E-state index contributed by atoms with van der Waals surface area (Å²) in [6.45, 7) is 3.28. The number of hydrogen-bond acceptors (Lipinski definition) is 7. The fraction of sp³-hybridized carbons (Fsp3) is 0.368. The topological polar surface area (TPSA) is 147 Å². The SMILES string of the molecule is CC(C)C(NS(=O)(=O)c1ccccc1)C(=O)NC1Cc2cnc(o2)CNC(=O)C1=O. The minimum atomic E-state index is -3.97. The number of nitrogens with one attached hydrogen (secondary N) is 3. The number of Topliss-reactive ketones (excluding diaryl/α,β-unsaturated/α-hetero) is 1. The van der Waals surface area contributed by atoms with Crippen molar-refractivity contribution in [1.29, 1.82) is 0 Å². The average Bonchev–Trinajstić information content (AvgIpc) is 3.17. The van der Waals surface area contributed by atoms with E-state index in [1.165, 1.54) is 18.3 Å². The zero-order chi connectivity index (χ0) is 21.9. The van der Waals surface area contributed by atoms with Gasteiger partial charge in [0.25, 0.3) is 5.91 Å². The van der Waals surface area contributed by atoms with Crippen LogP contribution in [0.1, 0.15) is 25.5 Å². The van der Waals surface area contributed by atoms with Crippen LogP contribution in [0.25, 0.3) is 0 Å². The van der Waals surface area contributed by atoms with Gasteiger partial charge in [-0.05, 0) is 18.1 Å². The maximum atomic E-state index is 12.9. The number of carbonyl (C=O) groups is 3. The summed E-state index contributed by atoms with van der Waals surface area (Å²) in [7, 11) is -3.97. The Morgan fingerprint density at radius 3 is 2.60 bits per heavy atom. The second-order valence-electron chi connectivity index (χ2n) is 7.19. The van der Waals surface area contributed by atoms with E-state index in [-0.39, 0.29) is 23.8 Å². The van der Waals surface area contributed by atoms with Crippen molar-refractivity contribution < 1.29 is 27.2 Å². The highest BCUT2D eigenvalue weighted by atomic mass is 32.2. The molecule has 1 aliphatic heterocycles. The fourth-order valence-electron chi connectivity index (χ4n) is 2.92. The van der Waals surface area contributed by atoms with Gasteiger partial charge >= 0.3 is 0 Å².